The van der Waals surface area contributed by atoms with E-state index in [1.807, 2.05) is 20.8 Å². The van der Waals surface area contributed by atoms with Gasteiger partial charge in [-0.15, -0.1) is 0 Å². The van der Waals surface area contributed by atoms with Crippen LogP contribution in [0.25, 0.3) is 0 Å². The normalized spacial score (nSPS) is 25.5. The van der Waals surface area contributed by atoms with E-state index in [1.165, 1.54) is 4.31 Å². The zero-order valence-electron chi connectivity index (χ0n) is 9.66. The lowest BCUT2D eigenvalue weighted by Crippen LogP contribution is -2.56. The molecule has 15 heavy (non-hydrogen) atoms. The molecular weight excluding hydrogens is 214 g/mol. The standard InChI is InChI=1S/C9H21N3O2S/c1-9(2,3)11-15(13,14)12-7-5-4-6-8(12)10/h8,11H,4-7,10H2,1-3H3. The van der Waals surface area contributed by atoms with Crippen LogP contribution in [0.4, 0.5) is 0 Å². The highest BCUT2D eigenvalue weighted by molar-refractivity contribution is 7.87. The first-order valence-electron chi connectivity index (χ1n) is 5.29. The highest BCUT2D eigenvalue weighted by atomic mass is 32.2. The Labute approximate surface area is 92.2 Å². The Hall–Kier alpha value is -0.170. The summed E-state index contributed by atoms with van der Waals surface area (Å²) in [5, 5.41) is 0. The summed E-state index contributed by atoms with van der Waals surface area (Å²) in [5.41, 5.74) is 5.33. The Bertz CT molecular complexity index is 308. The number of nitrogens with two attached hydrogens (primary N) is 1. The largest absolute Gasteiger partial charge is 0.315 e. The van der Waals surface area contributed by atoms with Crippen molar-refractivity contribution in [3.63, 3.8) is 0 Å². The molecule has 3 N–H and O–H groups in total. The second-order valence-corrected chi connectivity index (χ2v) is 6.65. The van der Waals surface area contributed by atoms with Crippen LogP contribution in [-0.2, 0) is 10.2 Å². The molecule has 6 heteroatoms. The second-order valence-electron chi connectivity index (χ2n) is 5.03. The van der Waals surface area contributed by atoms with Gasteiger partial charge >= 0.3 is 0 Å². The van der Waals surface area contributed by atoms with Crippen molar-refractivity contribution in [3.05, 3.63) is 0 Å². The van der Waals surface area contributed by atoms with Crippen LogP contribution < -0.4 is 10.5 Å². The van der Waals surface area contributed by atoms with Crippen molar-refractivity contribution in [2.45, 2.75) is 51.7 Å². The lowest BCUT2D eigenvalue weighted by Gasteiger charge is -2.34. The topological polar surface area (TPSA) is 75.4 Å². The fourth-order valence-corrected chi connectivity index (χ4v) is 3.40. The average Bonchev–Trinajstić information content (AvgIpc) is 1.99. The maximum Gasteiger partial charge on any atom is 0.281 e. The summed E-state index contributed by atoms with van der Waals surface area (Å²) in [4.78, 5) is 0. The smallest absolute Gasteiger partial charge is 0.281 e. The van der Waals surface area contributed by atoms with Crippen molar-refractivity contribution >= 4 is 10.2 Å². The van der Waals surface area contributed by atoms with Crippen LogP contribution in [0, 0.1) is 0 Å². The van der Waals surface area contributed by atoms with Crippen molar-refractivity contribution < 1.29 is 8.42 Å². The van der Waals surface area contributed by atoms with E-state index in [2.05, 4.69) is 4.72 Å². The second kappa shape index (κ2) is 4.37. The van der Waals surface area contributed by atoms with Gasteiger partial charge in [0.1, 0.15) is 0 Å². The molecule has 0 radical (unpaired) electrons. The van der Waals surface area contributed by atoms with Crippen LogP contribution in [0.15, 0.2) is 0 Å². The third-order valence-electron chi connectivity index (χ3n) is 2.24. The predicted molar refractivity (Wildman–Crippen MR) is 60.3 cm³/mol. The van der Waals surface area contributed by atoms with Gasteiger partial charge in [-0.2, -0.15) is 17.4 Å². The summed E-state index contributed by atoms with van der Waals surface area (Å²) in [6.45, 7) is 5.98. The summed E-state index contributed by atoms with van der Waals surface area (Å²) in [7, 11) is -3.43. The van der Waals surface area contributed by atoms with Gasteiger partial charge < -0.3 is 5.73 Å². The lowest BCUT2D eigenvalue weighted by molar-refractivity contribution is 0.251. The van der Waals surface area contributed by atoms with Gasteiger partial charge in [0, 0.05) is 12.1 Å². The maximum absolute atomic E-state index is 11.9. The van der Waals surface area contributed by atoms with Crippen molar-refractivity contribution in [1.29, 1.82) is 0 Å². The zero-order chi connectivity index (χ0) is 11.7. The molecule has 0 aromatic heterocycles. The highest BCUT2D eigenvalue weighted by Crippen LogP contribution is 2.17. The van der Waals surface area contributed by atoms with E-state index in [9.17, 15) is 8.42 Å². The van der Waals surface area contributed by atoms with Crippen LogP contribution in [0.3, 0.4) is 0 Å². The van der Waals surface area contributed by atoms with Gasteiger partial charge in [-0.05, 0) is 40.0 Å². The molecule has 0 aromatic carbocycles. The number of hydrogen-bond donors (Lipinski definition) is 2. The third kappa shape index (κ3) is 3.71. The van der Waals surface area contributed by atoms with Crippen LogP contribution in [0.2, 0.25) is 0 Å². The van der Waals surface area contributed by atoms with Gasteiger partial charge in [0.2, 0.25) is 0 Å². The molecule has 0 aliphatic carbocycles. The Morgan fingerprint density at radius 2 is 1.93 bits per heavy atom. The molecule has 90 valence electrons. The molecule has 1 rings (SSSR count). The first-order valence-corrected chi connectivity index (χ1v) is 6.73. The number of piperidine rings is 1. The monoisotopic (exact) mass is 235 g/mol. The Morgan fingerprint density at radius 3 is 2.40 bits per heavy atom. The van der Waals surface area contributed by atoms with Crippen molar-refractivity contribution in [3.8, 4) is 0 Å². The quantitative estimate of drug-likeness (QED) is 0.727. The first kappa shape index (κ1) is 12.9. The molecule has 1 atom stereocenters. The molecule has 0 aromatic rings. The molecule has 1 fully saturated rings. The number of hydrogen-bond acceptors (Lipinski definition) is 3. The van der Waals surface area contributed by atoms with E-state index >= 15 is 0 Å². The van der Waals surface area contributed by atoms with Crippen LogP contribution >= 0.6 is 0 Å². The van der Waals surface area contributed by atoms with E-state index in [0.717, 1.165) is 19.3 Å². The van der Waals surface area contributed by atoms with E-state index < -0.39 is 15.7 Å². The minimum Gasteiger partial charge on any atom is -0.315 e. The van der Waals surface area contributed by atoms with Gasteiger partial charge in [0.05, 0.1) is 6.17 Å². The van der Waals surface area contributed by atoms with Crippen molar-refractivity contribution in [2.24, 2.45) is 5.73 Å². The molecule has 0 bridgehead atoms. The molecule has 1 saturated heterocycles. The number of nitrogens with one attached hydrogen (secondary N) is 1. The molecule has 0 saturated carbocycles. The summed E-state index contributed by atoms with van der Waals surface area (Å²) in [6, 6.07) is 0. The van der Waals surface area contributed by atoms with Crippen LogP contribution in [0.5, 0.6) is 0 Å². The van der Waals surface area contributed by atoms with Gasteiger partial charge in [-0.3, -0.25) is 0 Å². The molecule has 1 unspecified atom stereocenters. The molecular formula is C9H21N3O2S. The molecule has 5 nitrogen and oxygen atoms in total. The van der Waals surface area contributed by atoms with E-state index in [4.69, 9.17) is 5.73 Å². The summed E-state index contributed by atoms with van der Waals surface area (Å²) in [6.07, 6.45) is 2.26. The summed E-state index contributed by atoms with van der Waals surface area (Å²) >= 11 is 0. The minimum atomic E-state index is -3.43. The molecule has 0 spiro atoms. The zero-order valence-corrected chi connectivity index (χ0v) is 10.5. The van der Waals surface area contributed by atoms with E-state index in [0.29, 0.717) is 6.54 Å². The number of rotatable bonds is 2. The average molecular weight is 235 g/mol. The van der Waals surface area contributed by atoms with Gasteiger partial charge in [0.25, 0.3) is 10.2 Å². The minimum absolute atomic E-state index is 0.376. The van der Waals surface area contributed by atoms with Crippen LogP contribution in [-0.4, -0.2) is 31.0 Å². The molecule has 1 aliphatic heterocycles. The third-order valence-corrected chi connectivity index (χ3v) is 4.18. The molecule has 0 amide bonds. The predicted octanol–water partition coefficient (Wildman–Crippen LogP) is 0.390. The van der Waals surface area contributed by atoms with Gasteiger partial charge in [0.15, 0.2) is 0 Å². The van der Waals surface area contributed by atoms with Crippen molar-refractivity contribution in [2.75, 3.05) is 6.54 Å². The summed E-state index contributed by atoms with van der Waals surface area (Å²) in [5.74, 6) is 0. The first-order chi connectivity index (χ1) is 6.72. The highest BCUT2D eigenvalue weighted by Gasteiger charge is 2.32. The lowest BCUT2D eigenvalue weighted by atomic mass is 10.1. The fourth-order valence-electron chi connectivity index (χ4n) is 1.67. The van der Waals surface area contributed by atoms with Crippen LogP contribution in [0.1, 0.15) is 40.0 Å². The molecule has 1 aliphatic rings. The number of nitrogens with zero attached hydrogens (tertiary/aromatic N) is 1. The van der Waals surface area contributed by atoms with E-state index in [1.54, 1.807) is 0 Å². The maximum atomic E-state index is 11.9. The van der Waals surface area contributed by atoms with Crippen molar-refractivity contribution in [1.82, 2.24) is 9.03 Å². The van der Waals surface area contributed by atoms with E-state index in [-0.39, 0.29) is 6.17 Å². The Balaban J connectivity index is 2.76. The van der Waals surface area contributed by atoms with Gasteiger partial charge in [-0.1, -0.05) is 0 Å². The Kier molecular flexibility index (Phi) is 3.76. The Morgan fingerprint density at radius 1 is 1.33 bits per heavy atom. The fraction of sp³-hybridized carbons (Fsp3) is 1.00. The van der Waals surface area contributed by atoms with Gasteiger partial charge in [-0.25, -0.2) is 0 Å². The molecule has 1 heterocycles. The SMILES string of the molecule is CC(C)(C)NS(=O)(=O)N1CCCCC1N. The summed E-state index contributed by atoms with van der Waals surface area (Å²) < 4.78 is 27.9.